The molecule has 0 bridgehead atoms. The van der Waals surface area contributed by atoms with E-state index < -0.39 is 11.7 Å². The second kappa shape index (κ2) is 9.08. The highest BCUT2D eigenvalue weighted by Crippen LogP contribution is 2.22. The third kappa shape index (κ3) is 6.25. The number of piperidine rings is 1. The molecule has 28 heavy (non-hydrogen) atoms. The summed E-state index contributed by atoms with van der Waals surface area (Å²) in [6.45, 7) is 9.43. The van der Waals surface area contributed by atoms with Crippen LogP contribution in [0.25, 0.3) is 0 Å². The first-order chi connectivity index (χ1) is 13.1. The number of carbonyl (C=O) groups is 3. The third-order valence-corrected chi connectivity index (χ3v) is 4.65. The second-order valence-electron chi connectivity index (χ2n) is 8.26. The number of nitrogens with one attached hydrogen (secondary N) is 2. The zero-order valence-corrected chi connectivity index (χ0v) is 17.4. The number of anilines is 1. The van der Waals surface area contributed by atoms with E-state index in [0.717, 1.165) is 19.3 Å². The molecule has 1 heterocycles. The molecule has 1 fully saturated rings. The maximum absolute atomic E-state index is 12.9. The Hall–Kier alpha value is -2.57. The largest absolute Gasteiger partial charge is 0.444 e. The van der Waals surface area contributed by atoms with Crippen LogP contribution >= 0.6 is 0 Å². The molecule has 7 heteroatoms. The fraction of sp³-hybridized carbons (Fsp3) is 0.571. The van der Waals surface area contributed by atoms with Crippen LogP contribution in [0.4, 0.5) is 15.3 Å². The van der Waals surface area contributed by atoms with Crippen LogP contribution in [0, 0.1) is 0 Å². The molecule has 1 aromatic carbocycles. The highest BCUT2D eigenvalue weighted by molar-refractivity contribution is 5.96. The summed E-state index contributed by atoms with van der Waals surface area (Å²) in [5, 5.41) is 5.73. The Bertz CT molecular complexity index is 727. The molecule has 0 unspecified atom stereocenters. The molecule has 0 aromatic heterocycles. The topological polar surface area (TPSA) is 87.7 Å². The number of ether oxygens (including phenoxy) is 1. The summed E-state index contributed by atoms with van der Waals surface area (Å²) in [5.41, 5.74) is 0.553. The number of hydrogen-bond acceptors (Lipinski definition) is 4. The first kappa shape index (κ1) is 21.7. The van der Waals surface area contributed by atoms with Crippen molar-refractivity contribution in [2.75, 3.05) is 11.9 Å². The van der Waals surface area contributed by atoms with Crippen LogP contribution in [-0.2, 0) is 4.74 Å². The highest BCUT2D eigenvalue weighted by atomic mass is 16.6. The van der Waals surface area contributed by atoms with E-state index in [2.05, 4.69) is 10.6 Å². The molecule has 0 saturated carbocycles. The van der Waals surface area contributed by atoms with Crippen molar-refractivity contribution >= 4 is 23.6 Å². The number of rotatable bonds is 4. The zero-order chi connectivity index (χ0) is 20.9. The Kier molecular flexibility index (Phi) is 7.05. The lowest BCUT2D eigenvalue weighted by molar-refractivity contribution is 0.0465. The Labute approximate surface area is 166 Å². The molecular formula is C21H31N3O4. The van der Waals surface area contributed by atoms with Gasteiger partial charge < -0.3 is 20.3 Å². The summed E-state index contributed by atoms with van der Waals surface area (Å²) in [6.07, 6.45) is 2.23. The van der Waals surface area contributed by atoms with E-state index in [1.54, 1.807) is 29.2 Å². The van der Waals surface area contributed by atoms with Gasteiger partial charge in [-0.15, -0.1) is 0 Å². The minimum atomic E-state index is -0.574. The summed E-state index contributed by atoms with van der Waals surface area (Å²) >= 11 is 0. The Morgan fingerprint density at radius 2 is 1.93 bits per heavy atom. The van der Waals surface area contributed by atoms with Crippen molar-refractivity contribution in [1.82, 2.24) is 10.2 Å². The molecule has 1 aliphatic rings. The van der Waals surface area contributed by atoms with Crippen molar-refractivity contribution in [2.24, 2.45) is 0 Å². The van der Waals surface area contributed by atoms with Gasteiger partial charge in [-0.05, 0) is 66.0 Å². The van der Waals surface area contributed by atoms with Gasteiger partial charge in [0.15, 0.2) is 5.78 Å². The van der Waals surface area contributed by atoms with Crippen molar-refractivity contribution in [3.05, 3.63) is 29.8 Å². The number of carbonyl (C=O) groups excluding carboxylic acids is 3. The molecule has 1 saturated heterocycles. The van der Waals surface area contributed by atoms with Gasteiger partial charge in [-0.2, -0.15) is 0 Å². The standard InChI is InChI=1S/C21H31N3O4/c1-14(22-20(27)28-21(3,4)5)18-11-6-7-12-24(18)19(26)23-17-10-8-9-16(13-17)15(2)25/h8-10,13-14,18H,6-7,11-12H2,1-5H3,(H,22,27)(H,23,26)/t14-,18+/m0/s1. The zero-order valence-electron chi connectivity index (χ0n) is 17.4. The molecule has 1 aromatic rings. The van der Waals surface area contributed by atoms with Gasteiger partial charge in [0.05, 0.1) is 6.04 Å². The Morgan fingerprint density at radius 1 is 1.21 bits per heavy atom. The van der Waals surface area contributed by atoms with E-state index in [4.69, 9.17) is 4.74 Å². The van der Waals surface area contributed by atoms with Gasteiger partial charge in [-0.1, -0.05) is 12.1 Å². The molecule has 0 spiro atoms. The van der Waals surface area contributed by atoms with Gasteiger partial charge >= 0.3 is 12.1 Å². The number of urea groups is 1. The molecule has 3 amide bonds. The first-order valence-electron chi connectivity index (χ1n) is 9.75. The SMILES string of the molecule is CC(=O)c1cccc(NC(=O)N2CCCC[C@@H]2[C@H](C)NC(=O)OC(C)(C)C)c1. The van der Waals surface area contributed by atoms with Gasteiger partial charge in [0, 0.05) is 23.8 Å². The number of hydrogen-bond donors (Lipinski definition) is 2. The lowest BCUT2D eigenvalue weighted by atomic mass is 9.97. The molecule has 2 atom stereocenters. The van der Waals surface area contributed by atoms with Crippen LogP contribution in [0.3, 0.4) is 0 Å². The van der Waals surface area contributed by atoms with Crippen LogP contribution in [0.5, 0.6) is 0 Å². The number of alkyl carbamates (subject to hydrolysis) is 1. The van der Waals surface area contributed by atoms with Crippen LogP contribution in [0.15, 0.2) is 24.3 Å². The summed E-state index contributed by atoms with van der Waals surface area (Å²) < 4.78 is 5.33. The number of amides is 3. The molecule has 7 nitrogen and oxygen atoms in total. The van der Waals surface area contributed by atoms with Crippen LogP contribution in [-0.4, -0.2) is 47.0 Å². The fourth-order valence-corrected chi connectivity index (χ4v) is 3.33. The molecule has 1 aliphatic heterocycles. The van der Waals surface area contributed by atoms with E-state index in [1.807, 2.05) is 27.7 Å². The van der Waals surface area contributed by atoms with Crippen molar-refractivity contribution < 1.29 is 19.1 Å². The van der Waals surface area contributed by atoms with E-state index in [0.29, 0.717) is 17.8 Å². The Morgan fingerprint density at radius 3 is 2.57 bits per heavy atom. The van der Waals surface area contributed by atoms with E-state index >= 15 is 0 Å². The first-order valence-corrected chi connectivity index (χ1v) is 9.75. The van der Waals surface area contributed by atoms with Crippen LogP contribution in [0.2, 0.25) is 0 Å². The quantitative estimate of drug-likeness (QED) is 0.756. The molecule has 2 N–H and O–H groups in total. The summed E-state index contributed by atoms with van der Waals surface area (Å²) in [7, 11) is 0. The number of likely N-dealkylation sites (tertiary alicyclic amines) is 1. The number of benzene rings is 1. The normalized spacial score (nSPS) is 18.2. The van der Waals surface area contributed by atoms with Crippen LogP contribution < -0.4 is 10.6 Å². The maximum atomic E-state index is 12.9. The smallest absolute Gasteiger partial charge is 0.407 e. The van der Waals surface area contributed by atoms with Gasteiger partial charge in [0.25, 0.3) is 0 Å². The predicted octanol–water partition coefficient (Wildman–Crippen LogP) is 4.19. The van der Waals surface area contributed by atoms with Crippen molar-refractivity contribution in [3.8, 4) is 0 Å². The molecule has 0 radical (unpaired) electrons. The molecule has 0 aliphatic carbocycles. The summed E-state index contributed by atoms with van der Waals surface area (Å²) in [6, 6.07) is 6.28. The molecular weight excluding hydrogens is 358 g/mol. The van der Waals surface area contributed by atoms with Gasteiger partial charge in [-0.25, -0.2) is 9.59 Å². The monoisotopic (exact) mass is 389 g/mol. The average molecular weight is 389 g/mol. The van der Waals surface area contributed by atoms with Gasteiger partial charge in [0.2, 0.25) is 0 Å². The minimum absolute atomic E-state index is 0.0536. The molecule has 154 valence electrons. The van der Waals surface area contributed by atoms with Crippen molar-refractivity contribution in [3.63, 3.8) is 0 Å². The third-order valence-electron chi connectivity index (χ3n) is 4.65. The lowest BCUT2D eigenvalue weighted by Gasteiger charge is -2.39. The van der Waals surface area contributed by atoms with Gasteiger partial charge in [-0.3, -0.25) is 4.79 Å². The highest BCUT2D eigenvalue weighted by Gasteiger charge is 2.32. The van der Waals surface area contributed by atoms with Gasteiger partial charge in [0.1, 0.15) is 5.60 Å². The van der Waals surface area contributed by atoms with E-state index in [-0.39, 0.29) is 23.9 Å². The number of nitrogens with zero attached hydrogens (tertiary/aromatic N) is 1. The summed E-state index contributed by atoms with van der Waals surface area (Å²) in [4.78, 5) is 38.3. The maximum Gasteiger partial charge on any atom is 0.407 e. The number of ketones is 1. The summed E-state index contributed by atoms with van der Waals surface area (Å²) in [5.74, 6) is -0.0536. The fourth-order valence-electron chi connectivity index (χ4n) is 3.33. The Balaban J connectivity index is 2.05. The average Bonchev–Trinajstić information content (AvgIpc) is 2.60. The lowest BCUT2D eigenvalue weighted by Crippen LogP contribution is -2.55. The van der Waals surface area contributed by atoms with E-state index in [1.165, 1.54) is 6.92 Å². The number of Topliss-reactive ketones (excluding diaryl/α,β-unsaturated/α-hetero) is 1. The minimum Gasteiger partial charge on any atom is -0.444 e. The van der Waals surface area contributed by atoms with Crippen molar-refractivity contribution in [2.45, 2.75) is 71.6 Å². The van der Waals surface area contributed by atoms with E-state index in [9.17, 15) is 14.4 Å². The molecule has 2 rings (SSSR count). The van der Waals surface area contributed by atoms with Crippen molar-refractivity contribution in [1.29, 1.82) is 0 Å². The predicted molar refractivity (Wildman–Crippen MR) is 109 cm³/mol. The van der Waals surface area contributed by atoms with Crippen LogP contribution in [0.1, 0.15) is 64.2 Å². The second-order valence-corrected chi connectivity index (χ2v) is 8.26.